The zero-order valence-corrected chi connectivity index (χ0v) is 13.8. The van der Waals surface area contributed by atoms with Crippen molar-refractivity contribution in [2.45, 2.75) is 11.8 Å². The Labute approximate surface area is 140 Å². The third-order valence-corrected chi connectivity index (χ3v) is 5.84. The van der Waals surface area contributed by atoms with Gasteiger partial charge in [-0.25, -0.2) is 22.9 Å². The number of anilines is 1. The van der Waals surface area contributed by atoms with E-state index >= 15 is 0 Å². The zero-order valence-electron chi connectivity index (χ0n) is 12.2. The first-order chi connectivity index (χ1) is 11.4. The van der Waals surface area contributed by atoms with E-state index < -0.39 is 16.0 Å². The lowest BCUT2D eigenvalue weighted by Crippen LogP contribution is -2.19. The summed E-state index contributed by atoms with van der Waals surface area (Å²) in [6.07, 6.45) is 0. The molecule has 0 fully saturated rings. The van der Waals surface area contributed by atoms with E-state index in [1.165, 1.54) is 16.1 Å². The van der Waals surface area contributed by atoms with Crippen LogP contribution in [-0.4, -0.2) is 34.3 Å². The number of sulfonamides is 1. The summed E-state index contributed by atoms with van der Waals surface area (Å²) in [4.78, 5) is 15.2. The number of aromatic nitrogens is 3. The molecule has 3 aromatic rings. The van der Waals surface area contributed by atoms with Gasteiger partial charge in [0.25, 0.3) is 10.0 Å². The first kappa shape index (κ1) is 14.8. The molecule has 0 spiro atoms. The Balaban J connectivity index is 2.01. The average Bonchev–Trinajstić information content (AvgIpc) is 3.13. The summed E-state index contributed by atoms with van der Waals surface area (Å²) in [6.45, 7) is 1.68. The van der Waals surface area contributed by atoms with Gasteiger partial charge in [0.1, 0.15) is 5.69 Å². The molecule has 0 radical (unpaired) electrons. The molecule has 0 saturated carbocycles. The minimum Gasteiger partial charge on any atom is -0.476 e. The molecule has 0 atom stereocenters. The first-order valence-electron chi connectivity index (χ1n) is 6.79. The van der Waals surface area contributed by atoms with Crippen LogP contribution in [0.3, 0.4) is 0 Å². The molecule has 1 aromatic carbocycles. The molecule has 2 aromatic heterocycles. The monoisotopic (exact) mass is 362 g/mol. The number of carboxylic acid groups (broad SMARTS) is 1. The van der Waals surface area contributed by atoms with Crippen molar-refractivity contribution < 1.29 is 18.3 Å². The number of hydrogen-bond acceptors (Lipinski definition) is 6. The number of carboxylic acids is 1. The van der Waals surface area contributed by atoms with Crippen LogP contribution in [0.5, 0.6) is 0 Å². The van der Waals surface area contributed by atoms with Gasteiger partial charge >= 0.3 is 5.97 Å². The summed E-state index contributed by atoms with van der Waals surface area (Å²) in [5.74, 6) is -1.13. The van der Waals surface area contributed by atoms with Crippen molar-refractivity contribution in [3.63, 3.8) is 0 Å². The smallest absolute Gasteiger partial charge is 0.355 e. The molecule has 8 nitrogen and oxygen atoms in total. The Morgan fingerprint density at radius 1 is 1.33 bits per heavy atom. The van der Waals surface area contributed by atoms with E-state index in [4.69, 9.17) is 5.11 Å². The van der Waals surface area contributed by atoms with Crippen LogP contribution in [0, 0.1) is 6.92 Å². The van der Waals surface area contributed by atoms with Crippen LogP contribution in [0.15, 0.2) is 34.5 Å². The highest BCUT2D eigenvalue weighted by Crippen LogP contribution is 2.42. The van der Waals surface area contributed by atoms with Crippen molar-refractivity contribution in [1.29, 1.82) is 0 Å². The Kier molecular flexibility index (Phi) is 3.02. The topological polar surface area (TPSA) is 114 Å². The van der Waals surface area contributed by atoms with E-state index in [9.17, 15) is 13.2 Å². The Bertz CT molecular complexity index is 1100. The SMILES string of the molecule is Cc1nn(-c2nc(C(=O)O)cs2)c2c1NS(=O)(=O)c1ccccc1-2. The number of rotatable bonds is 2. The largest absolute Gasteiger partial charge is 0.476 e. The summed E-state index contributed by atoms with van der Waals surface area (Å²) in [5.41, 5.74) is 1.82. The van der Waals surface area contributed by atoms with Crippen LogP contribution in [0.1, 0.15) is 16.2 Å². The Morgan fingerprint density at radius 3 is 2.79 bits per heavy atom. The maximum Gasteiger partial charge on any atom is 0.355 e. The molecule has 10 heteroatoms. The molecule has 2 N–H and O–H groups in total. The van der Waals surface area contributed by atoms with Gasteiger partial charge in [0.2, 0.25) is 5.13 Å². The summed E-state index contributed by atoms with van der Waals surface area (Å²) >= 11 is 1.12. The fourth-order valence-corrected chi connectivity index (χ4v) is 4.67. The summed E-state index contributed by atoms with van der Waals surface area (Å²) in [5, 5.41) is 15.2. The van der Waals surface area contributed by atoms with Crippen LogP contribution in [0.2, 0.25) is 0 Å². The number of hydrogen-bond donors (Lipinski definition) is 2. The minimum atomic E-state index is -3.67. The van der Waals surface area contributed by atoms with Gasteiger partial charge < -0.3 is 5.11 Å². The molecule has 0 saturated heterocycles. The fraction of sp³-hybridized carbons (Fsp3) is 0.0714. The number of thiazole rings is 1. The van der Waals surface area contributed by atoms with Crippen molar-refractivity contribution in [2.24, 2.45) is 0 Å². The molecule has 0 unspecified atom stereocenters. The Morgan fingerprint density at radius 2 is 2.08 bits per heavy atom. The number of aryl methyl sites for hydroxylation is 1. The predicted molar refractivity (Wildman–Crippen MR) is 87.2 cm³/mol. The van der Waals surface area contributed by atoms with E-state index in [1.807, 2.05) is 0 Å². The lowest BCUT2D eigenvalue weighted by Gasteiger charge is -2.19. The number of benzene rings is 1. The molecule has 3 heterocycles. The minimum absolute atomic E-state index is 0.0819. The first-order valence-corrected chi connectivity index (χ1v) is 9.16. The second kappa shape index (κ2) is 4.89. The molecule has 1 aliphatic rings. The summed E-state index contributed by atoms with van der Waals surface area (Å²) < 4.78 is 28.8. The van der Waals surface area contributed by atoms with Gasteiger partial charge in [0, 0.05) is 10.9 Å². The lowest BCUT2D eigenvalue weighted by molar-refractivity contribution is 0.0691. The molecule has 4 rings (SSSR count). The maximum atomic E-state index is 12.4. The van der Waals surface area contributed by atoms with Crippen molar-refractivity contribution in [2.75, 3.05) is 4.72 Å². The highest BCUT2D eigenvalue weighted by atomic mass is 32.2. The maximum absolute atomic E-state index is 12.4. The number of carbonyl (C=O) groups is 1. The van der Waals surface area contributed by atoms with Crippen LogP contribution in [-0.2, 0) is 10.0 Å². The zero-order chi connectivity index (χ0) is 17.1. The van der Waals surface area contributed by atoms with E-state index in [0.717, 1.165) is 11.3 Å². The molecule has 0 aliphatic carbocycles. The lowest BCUT2D eigenvalue weighted by atomic mass is 10.1. The van der Waals surface area contributed by atoms with Crippen molar-refractivity contribution in [1.82, 2.24) is 14.8 Å². The molecule has 0 amide bonds. The number of fused-ring (bicyclic) bond motifs is 3. The van der Waals surface area contributed by atoms with Gasteiger partial charge in [-0.1, -0.05) is 18.2 Å². The molecule has 1 aliphatic heterocycles. The van der Waals surface area contributed by atoms with Gasteiger partial charge in [-0.3, -0.25) is 4.72 Å². The molecular formula is C14H10N4O4S2. The third kappa shape index (κ3) is 2.03. The van der Waals surface area contributed by atoms with Crippen molar-refractivity contribution in [3.05, 3.63) is 41.0 Å². The van der Waals surface area contributed by atoms with E-state index in [-0.39, 0.29) is 10.6 Å². The molecule has 24 heavy (non-hydrogen) atoms. The van der Waals surface area contributed by atoms with Crippen LogP contribution in [0.25, 0.3) is 16.4 Å². The summed E-state index contributed by atoms with van der Waals surface area (Å²) in [7, 11) is -3.67. The standard InChI is InChI=1S/C14H10N4O4S2/c1-7-11-12(8-4-2-3-5-10(8)24(21,22)17-11)18(16-7)14-15-9(6-23-14)13(19)20/h2-6,17H,1H3,(H,19,20). The summed E-state index contributed by atoms with van der Waals surface area (Å²) in [6, 6.07) is 6.58. The number of nitrogens with one attached hydrogen (secondary N) is 1. The molecular weight excluding hydrogens is 352 g/mol. The van der Waals surface area contributed by atoms with Gasteiger partial charge in [0.05, 0.1) is 16.3 Å². The predicted octanol–water partition coefficient (Wildman–Crippen LogP) is 2.12. The number of aromatic carboxylic acids is 1. The fourth-order valence-electron chi connectivity index (χ4n) is 2.58. The second-order valence-electron chi connectivity index (χ2n) is 5.14. The van der Waals surface area contributed by atoms with E-state index in [1.54, 1.807) is 25.1 Å². The number of nitrogens with zero attached hydrogens (tertiary/aromatic N) is 3. The van der Waals surface area contributed by atoms with E-state index in [2.05, 4.69) is 14.8 Å². The van der Waals surface area contributed by atoms with E-state index in [0.29, 0.717) is 27.8 Å². The van der Waals surface area contributed by atoms with Gasteiger partial charge in [-0.2, -0.15) is 5.10 Å². The van der Waals surface area contributed by atoms with Crippen molar-refractivity contribution in [3.8, 4) is 16.4 Å². The molecule has 122 valence electrons. The van der Waals surface area contributed by atoms with Crippen LogP contribution in [0.4, 0.5) is 5.69 Å². The molecule has 0 bridgehead atoms. The third-order valence-electron chi connectivity index (χ3n) is 3.62. The quantitative estimate of drug-likeness (QED) is 0.722. The normalized spacial score (nSPS) is 14.5. The van der Waals surface area contributed by atoms with Crippen LogP contribution < -0.4 is 4.72 Å². The van der Waals surface area contributed by atoms with Crippen molar-refractivity contribution >= 4 is 33.0 Å². The van der Waals surface area contributed by atoms with Gasteiger partial charge in [-0.15, -0.1) is 11.3 Å². The highest BCUT2D eigenvalue weighted by Gasteiger charge is 2.33. The Hall–Kier alpha value is -2.72. The average molecular weight is 362 g/mol. The van der Waals surface area contributed by atoms with Gasteiger partial charge in [-0.05, 0) is 13.0 Å². The van der Waals surface area contributed by atoms with Crippen LogP contribution >= 0.6 is 11.3 Å². The highest BCUT2D eigenvalue weighted by molar-refractivity contribution is 7.93. The second-order valence-corrected chi connectivity index (χ2v) is 7.63. The van der Waals surface area contributed by atoms with Gasteiger partial charge in [0.15, 0.2) is 5.69 Å².